The Labute approximate surface area is 116 Å². The van der Waals surface area contributed by atoms with Gasteiger partial charge in [-0.2, -0.15) is 0 Å². The van der Waals surface area contributed by atoms with Crippen molar-refractivity contribution in [2.24, 2.45) is 0 Å². The number of hydrogen-bond acceptors (Lipinski definition) is 5. The third-order valence-corrected chi connectivity index (χ3v) is 2.83. The van der Waals surface area contributed by atoms with E-state index in [9.17, 15) is 9.59 Å². The van der Waals surface area contributed by atoms with Crippen molar-refractivity contribution in [1.82, 2.24) is 15.3 Å². The molecule has 0 aliphatic rings. The van der Waals surface area contributed by atoms with Crippen LogP contribution in [0.15, 0.2) is 30.5 Å². The predicted molar refractivity (Wildman–Crippen MR) is 75.3 cm³/mol. The molecule has 0 aliphatic heterocycles. The average Bonchev–Trinajstić information content (AvgIpc) is 2.47. The van der Waals surface area contributed by atoms with E-state index in [1.54, 1.807) is 24.3 Å². The van der Waals surface area contributed by atoms with Gasteiger partial charge in [-0.15, -0.1) is 0 Å². The first-order chi connectivity index (χ1) is 9.52. The summed E-state index contributed by atoms with van der Waals surface area (Å²) in [6, 6.07) is 6.92. The largest absolute Gasteiger partial charge is 0.382 e. The smallest absolute Gasteiger partial charge is 0.273 e. The molecule has 102 valence electrons. The van der Waals surface area contributed by atoms with Crippen molar-refractivity contribution in [2.75, 3.05) is 12.8 Å². The summed E-state index contributed by atoms with van der Waals surface area (Å²) in [6.45, 7) is 1.50. The molecule has 0 saturated carbocycles. The minimum absolute atomic E-state index is 0.00834. The van der Waals surface area contributed by atoms with Gasteiger partial charge >= 0.3 is 0 Å². The standard InChI is InChI=1S/C14H14N4O2/c1-8(19)9-3-5-10(6-4-9)11-7-17-13(15)12(18-11)14(20)16-2/h3-7H,1-2H3,(H2,15,17)(H,16,20). The molecule has 0 spiro atoms. The Balaban J connectivity index is 2.42. The van der Waals surface area contributed by atoms with Crippen LogP contribution in [0.25, 0.3) is 11.3 Å². The first-order valence-electron chi connectivity index (χ1n) is 5.99. The lowest BCUT2D eigenvalue weighted by molar-refractivity contribution is 0.0957. The molecule has 0 aliphatic carbocycles. The maximum absolute atomic E-state index is 11.6. The zero-order valence-electron chi connectivity index (χ0n) is 11.2. The number of carbonyl (C=O) groups is 2. The number of amides is 1. The Kier molecular flexibility index (Phi) is 3.74. The molecule has 0 fully saturated rings. The van der Waals surface area contributed by atoms with Gasteiger partial charge in [0.2, 0.25) is 0 Å². The van der Waals surface area contributed by atoms with Gasteiger partial charge in [-0.25, -0.2) is 9.97 Å². The van der Waals surface area contributed by atoms with E-state index in [4.69, 9.17) is 5.73 Å². The van der Waals surface area contributed by atoms with E-state index in [0.29, 0.717) is 11.3 Å². The van der Waals surface area contributed by atoms with Gasteiger partial charge in [-0.1, -0.05) is 24.3 Å². The number of hydrogen-bond donors (Lipinski definition) is 2. The van der Waals surface area contributed by atoms with Crippen molar-refractivity contribution in [3.63, 3.8) is 0 Å². The molecule has 1 amide bonds. The minimum atomic E-state index is -0.391. The molecular formula is C14H14N4O2. The molecule has 2 rings (SSSR count). The lowest BCUT2D eigenvalue weighted by Gasteiger charge is -2.06. The van der Waals surface area contributed by atoms with Crippen molar-refractivity contribution in [3.05, 3.63) is 41.7 Å². The summed E-state index contributed by atoms with van der Waals surface area (Å²) in [5.74, 6) is -0.323. The highest BCUT2D eigenvalue weighted by atomic mass is 16.1. The third kappa shape index (κ3) is 2.64. The van der Waals surface area contributed by atoms with E-state index < -0.39 is 5.91 Å². The number of benzene rings is 1. The number of nitrogens with zero attached hydrogens (tertiary/aromatic N) is 2. The monoisotopic (exact) mass is 270 g/mol. The molecule has 1 aromatic carbocycles. The first-order valence-corrected chi connectivity index (χ1v) is 5.99. The van der Waals surface area contributed by atoms with Crippen molar-refractivity contribution >= 4 is 17.5 Å². The zero-order valence-corrected chi connectivity index (χ0v) is 11.2. The summed E-state index contributed by atoms with van der Waals surface area (Å²) in [4.78, 5) is 31.0. The number of Topliss-reactive ketones (excluding diaryl/α,β-unsaturated/α-hetero) is 1. The Morgan fingerprint density at radius 1 is 1.20 bits per heavy atom. The van der Waals surface area contributed by atoms with E-state index in [2.05, 4.69) is 15.3 Å². The quantitative estimate of drug-likeness (QED) is 0.819. The van der Waals surface area contributed by atoms with Gasteiger partial charge in [-0.3, -0.25) is 9.59 Å². The zero-order chi connectivity index (χ0) is 14.7. The maximum Gasteiger partial charge on any atom is 0.273 e. The van der Waals surface area contributed by atoms with Crippen LogP contribution in [0.2, 0.25) is 0 Å². The van der Waals surface area contributed by atoms with Gasteiger partial charge in [0, 0.05) is 18.2 Å². The fourth-order valence-electron chi connectivity index (χ4n) is 1.70. The summed E-state index contributed by atoms with van der Waals surface area (Å²) >= 11 is 0. The van der Waals surface area contributed by atoms with Gasteiger partial charge in [0.25, 0.3) is 5.91 Å². The van der Waals surface area contributed by atoms with Crippen molar-refractivity contribution in [1.29, 1.82) is 0 Å². The van der Waals surface area contributed by atoms with Crippen LogP contribution in [0.1, 0.15) is 27.8 Å². The molecule has 6 nitrogen and oxygen atoms in total. The minimum Gasteiger partial charge on any atom is -0.382 e. The van der Waals surface area contributed by atoms with Gasteiger partial charge in [-0.05, 0) is 6.92 Å². The predicted octanol–water partition coefficient (Wildman–Crippen LogP) is 1.29. The second-order valence-electron chi connectivity index (χ2n) is 4.20. The number of carbonyl (C=O) groups excluding carboxylic acids is 2. The van der Waals surface area contributed by atoms with Crippen molar-refractivity contribution in [2.45, 2.75) is 6.92 Å². The van der Waals surface area contributed by atoms with E-state index in [1.807, 2.05) is 0 Å². The summed E-state index contributed by atoms with van der Waals surface area (Å²) in [5, 5.41) is 2.46. The van der Waals surface area contributed by atoms with Crippen molar-refractivity contribution < 1.29 is 9.59 Å². The van der Waals surface area contributed by atoms with Crippen LogP contribution in [-0.4, -0.2) is 28.7 Å². The van der Waals surface area contributed by atoms with E-state index in [1.165, 1.54) is 20.2 Å². The molecule has 3 N–H and O–H groups in total. The highest BCUT2D eigenvalue weighted by Crippen LogP contribution is 2.19. The van der Waals surface area contributed by atoms with Gasteiger partial charge in [0.05, 0.1) is 11.9 Å². The fourth-order valence-corrected chi connectivity index (χ4v) is 1.70. The second-order valence-corrected chi connectivity index (χ2v) is 4.20. The van der Waals surface area contributed by atoms with Crippen LogP contribution in [0.5, 0.6) is 0 Å². The Morgan fingerprint density at radius 2 is 1.85 bits per heavy atom. The number of nitrogens with two attached hydrogens (primary N) is 1. The number of ketones is 1. The van der Waals surface area contributed by atoms with Crippen molar-refractivity contribution in [3.8, 4) is 11.3 Å². The van der Waals surface area contributed by atoms with Crippen LogP contribution in [0.3, 0.4) is 0 Å². The molecule has 1 heterocycles. The Hall–Kier alpha value is -2.76. The number of nitrogens with one attached hydrogen (secondary N) is 1. The third-order valence-electron chi connectivity index (χ3n) is 2.83. The molecule has 0 unspecified atom stereocenters. The molecule has 6 heteroatoms. The highest BCUT2D eigenvalue weighted by molar-refractivity contribution is 5.97. The molecule has 20 heavy (non-hydrogen) atoms. The van der Waals surface area contributed by atoms with E-state index >= 15 is 0 Å². The normalized spacial score (nSPS) is 10.1. The van der Waals surface area contributed by atoms with Gasteiger partial charge < -0.3 is 11.1 Å². The SMILES string of the molecule is CNC(=O)c1nc(-c2ccc(C(C)=O)cc2)cnc1N. The maximum atomic E-state index is 11.6. The molecule has 0 bridgehead atoms. The van der Waals surface area contributed by atoms with Crippen LogP contribution >= 0.6 is 0 Å². The van der Waals surface area contributed by atoms with Gasteiger partial charge in [0.1, 0.15) is 0 Å². The molecule has 0 atom stereocenters. The van der Waals surface area contributed by atoms with Crippen LogP contribution in [0, 0.1) is 0 Å². The van der Waals surface area contributed by atoms with Crippen LogP contribution in [-0.2, 0) is 0 Å². The van der Waals surface area contributed by atoms with E-state index in [-0.39, 0.29) is 17.3 Å². The summed E-state index contributed by atoms with van der Waals surface area (Å²) < 4.78 is 0. The second kappa shape index (κ2) is 5.48. The lowest BCUT2D eigenvalue weighted by atomic mass is 10.1. The Morgan fingerprint density at radius 3 is 2.40 bits per heavy atom. The number of nitrogen functional groups attached to an aromatic ring is 1. The molecule has 0 radical (unpaired) electrons. The number of anilines is 1. The first kappa shape index (κ1) is 13.7. The molecule has 1 aromatic heterocycles. The number of rotatable bonds is 3. The highest BCUT2D eigenvalue weighted by Gasteiger charge is 2.13. The van der Waals surface area contributed by atoms with Crippen LogP contribution in [0.4, 0.5) is 5.82 Å². The summed E-state index contributed by atoms with van der Waals surface area (Å²) in [5.41, 5.74) is 7.61. The lowest BCUT2D eigenvalue weighted by Crippen LogP contribution is -2.21. The summed E-state index contributed by atoms with van der Waals surface area (Å²) in [7, 11) is 1.50. The molecule has 0 saturated heterocycles. The molecule has 2 aromatic rings. The Bertz CT molecular complexity index is 665. The summed E-state index contributed by atoms with van der Waals surface area (Å²) in [6.07, 6.45) is 1.49. The average molecular weight is 270 g/mol. The fraction of sp³-hybridized carbons (Fsp3) is 0.143. The number of aromatic nitrogens is 2. The van der Waals surface area contributed by atoms with E-state index in [0.717, 1.165) is 5.56 Å². The van der Waals surface area contributed by atoms with Gasteiger partial charge in [0.15, 0.2) is 17.3 Å². The van der Waals surface area contributed by atoms with Crippen LogP contribution < -0.4 is 11.1 Å². The molecular weight excluding hydrogens is 256 g/mol. The topological polar surface area (TPSA) is 98.0 Å².